The van der Waals surface area contributed by atoms with Gasteiger partial charge in [0, 0.05) is 35.0 Å². The van der Waals surface area contributed by atoms with Crippen molar-refractivity contribution in [2.45, 2.75) is 31.7 Å². The second kappa shape index (κ2) is 9.80. The Hall–Kier alpha value is -0.560. The van der Waals surface area contributed by atoms with Crippen LogP contribution in [-0.4, -0.2) is 55.4 Å². The zero-order chi connectivity index (χ0) is 17.5. The molecule has 1 aromatic carbocycles. The van der Waals surface area contributed by atoms with Crippen molar-refractivity contribution in [2.75, 3.05) is 38.6 Å². The second-order valence-electron chi connectivity index (χ2n) is 6.46. The monoisotopic (exact) mass is 414 g/mol. The number of carbonyl (C=O) groups excluding carboxylic acids is 1. The number of carbonyl (C=O) groups is 1. The number of morpholine rings is 1. The number of ether oxygens (including phenoxy) is 1. The number of rotatable bonds is 7. The quantitative estimate of drug-likeness (QED) is 0.694. The number of nitrogens with zero attached hydrogens (tertiary/aromatic N) is 1. The molecule has 0 radical (unpaired) electrons. The Morgan fingerprint density at radius 2 is 2.08 bits per heavy atom. The van der Waals surface area contributed by atoms with E-state index in [-0.39, 0.29) is 5.91 Å². The number of hydrogen-bond acceptors (Lipinski definition) is 4. The molecule has 1 unspecified atom stereocenters. The van der Waals surface area contributed by atoms with Crippen molar-refractivity contribution >= 4 is 33.6 Å². The molecule has 4 nitrogen and oxygen atoms in total. The van der Waals surface area contributed by atoms with Gasteiger partial charge in [-0.3, -0.25) is 9.69 Å². The van der Waals surface area contributed by atoms with Crippen LogP contribution in [0.5, 0.6) is 0 Å². The summed E-state index contributed by atoms with van der Waals surface area (Å²) >= 11 is 5.06. The summed E-state index contributed by atoms with van der Waals surface area (Å²) in [7, 11) is 0. The first-order chi connectivity index (χ1) is 11.5. The van der Waals surface area contributed by atoms with Gasteiger partial charge in [-0.1, -0.05) is 29.8 Å². The molecular formula is C18H27BrN2O2S. The summed E-state index contributed by atoms with van der Waals surface area (Å²) in [6, 6.07) is 6.52. The van der Waals surface area contributed by atoms with E-state index in [1.807, 2.05) is 6.07 Å². The molecule has 6 heteroatoms. The van der Waals surface area contributed by atoms with Gasteiger partial charge in [0.05, 0.1) is 19.0 Å². The van der Waals surface area contributed by atoms with E-state index in [1.54, 1.807) is 11.8 Å². The highest BCUT2D eigenvalue weighted by Gasteiger charge is 2.24. The number of aryl methyl sites for hydroxylation is 1. The molecule has 1 aliphatic heterocycles. The molecule has 24 heavy (non-hydrogen) atoms. The third-order valence-electron chi connectivity index (χ3n) is 4.29. The number of benzene rings is 1. The average molecular weight is 415 g/mol. The Labute approximate surface area is 157 Å². The predicted octanol–water partition coefficient (Wildman–Crippen LogP) is 3.32. The third kappa shape index (κ3) is 6.06. The van der Waals surface area contributed by atoms with Crippen LogP contribution in [0.1, 0.15) is 19.4 Å². The Bertz CT molecular complexity index is 548. The Morgan fingerprint density at radius 1 is 1.38 bits per heavy atom. The maximum absolute atomic E-state index is 12.2. The van der Waals surface area contributed by atoms with Crippen LogP contribution in [0.4, 0.5) is 0 Å². The van der Waals surface area contributed by atoms with E-state index in [1.165, 1.54) is 5.56 Å². The van der Waals surface area contributed by atoms with Crippen LogP contribution < -0.4 is 5.32 Å². The van der Waals surface area contributed by atoms with Crippen LogP contribution in [0.3, 0.4) is 0 Å². The fourth-order valence-electron chi connectivity index (χ4n) is 2.88. The van der Waals surface area contributed by atoms with Gasteiger partial charge < -0.3 is 10.1 Å². The van der Waals surface area contributed by atoms with E-state index in [4.69, 9.17) is 4.74 Å². The lowest BCUT2D eigenvalue weighted by atomic mass is 10.0. The van der Waals surface area contributed by atoms with Gasteiger partial charge in [-0.2, -0.15) is 0 Å². The molecule has 1 heterocycles. The van der Waals surface area contributed by atoms with Crippen molar-refractivity contribution in [1.82, 2.24) is 10.2 Å². The number of amides is 1. The summed E-state index contributed by atoms with van der Waals surface area (Å²) in [5.74, 6) is 1.06. The van der Waals surface area contributed by atoms with Crippen molar-refractivity contribution in [3.63, 3.8) is 0 Å². The summed E-state index contributed by atoms with van der Waals surface area (Å²) in [6.45, 7) is 10.7. The normalized spacial score (nSPS) is 17.0. The lowest BCUT2D eigenvalue weighted by Gasteiger charge is -2.36. The molecule has 1 atom stereocenters. The maximum atomic E-state index is 12.2. The maximum Gasteiger partial charge on any atom is 0.230 e. The van der Waals surface area contributed by atoms with E-state index in [0.717, 1.165) is 35.7 Å². The molecule has 1 fully saturated rings. The van der Waals surface area contributed by atoms with Crippen LogP contribution in [0.2, 0.25) is 0 Å². The molecule has 0 aromatic heterocycles. The number of hydrogen-bond donors (Lipinski definition) is 1. The molecule has 1 aliphatic rings. The summed E-state index contributed by atoms with van der Waals surface area (Å²) < 4.78 is 6.50. The molecule has 0 saturated carbocycles. The van der Waals surface area contributed by atoms with Gasteiger partial charge in [-0.25, -0.2) is 0 Å². The molecule has 2 rings (SSSR count). The van der Waals surface area contributed by atoms with E-state index < -0.39 is 0 Å². The Balaban J connectivity index is 1.80. The van der Waals surface area contributed by atoms with Crippen LogP contribution in [0.25, 0.3) is 0 Å². The van der Waals surface area contributed by atoms with Crippen molar-refractivity contribution in [1.29, 1.82) is 0 Å². The first-order valence-electron chi connectivity index (χ1n) is 8.45. The van der Waals surface area contributed by atoms with Crippen molar-refractivity contribution in [3.8, 4) is 0 Å². The van der Waals surface area contributed by atoms with Gasteiger partial charge >= 0.3 is 0 Å². The highest BCUT2D eigenvalue weighted by atomic mass is 79.9. The fraction of sp³-hybridized carbons (Fsp3) is 0.611. The number of halogens is 1. The van der Waals surface area contributed by atoms with Crippen LogP contribution >= 0.6 is 27.7 Å². The SMILES string of the molecule is Cc1cc(Br)ccc1SCC(=O)NCC(C(C)C)N1CCOCC1. The standard InChI is InChI=1S/C18H27BrN2O2S/c1-13(2)16(21-6-8-23-9-7-21)11-20-18(22)12-24-17-5-4-15(19)10-14(17)3/h4-5,10,13,16H,6-9,11-12H2,1-3H3,(H,20,22). The van der Waals surface area contributed by atoms with Gasteiger partial charge in [-0.15, -0.1) is 11.8 Å². The minimum atomic E-state index is 0.0984. The third-order valence-corrected chi connectivity index (χ3v) is 5.96. The second-order valence-corrected chi connectivity index (χ2v) is 8.40. The molecule has 0 spiro atoms. The highest BCUT2D eigenvalue weighted by Crippen LogP contribution is 2.25. The molecular weight excluding hydrogens is 388 g/mol. The molecule has 1 amide bonds. The first-order valence-corrected chi connectivity index (χ1v) is 10.2. The van der Waals surface area contributed by atoms with Crippen LogP contribution in [-0.2, 0) is 9.53 Å². The fourth-order valence-corrected chi connectivity index (χ4v) is 4.20. The largest absolute Gasteiger partial charge is 0.379 e. The van der Waals surface area contributed by atoms with E-state index in [0.29, 0.717) is 24.3 Å². The van der Waals surface area contributed by atoms with Crippen molar-refractivity contribution in [3.05, 3.63) is 28.2 Å². The van der Waals surface area contributed by atoms with Gasteiger partial charge in [0.2, 0.25) is 5.91 Å². The molecule has 1 N–H and O–H groups in total. The molecule has 134 valence electrons. The Kier molecular flexibility index (Phi) is 8.07. The van der Waals surface area contributed by atoms with Gasteiger partial charge in [0.25, 0.3) is 0 Å². The minimum absolute atomic E-state index is 0.0984. The summed E-state index contributed by atoms with van der Waals surface area (Å²) in [5, 5.41) is 3.11. The summed E-state index contributed by atoms with van der Waals surface area (Å²) in [6.07, 6.45) is 0. The van der Waals surface area contributed by atoms with Crippen LogP contribution in [0.15, 0.2) is 27.6 Å². The van der Waals surface area contributed by atoms with Crippen molar-refractivity contribution in [2.24, 2.45) is 5.92 Å². The summed E-state index contributed by atoms with van der Waals surface area (Å²) in [5.41, 5.74) is 1.19. The lowest BCUT2D eigenvalue weighted by Crippen LogP contribution is -2.51. The predicted molar refractivity (Wildman–Crippen MR) is 104 cm³/mol. The topological polar surface area (TPSA) is 41.6 Å². The Morgan fingerprint density at radius 3 is 2.71 bits per heavy atom. The van der Waals surface area contributed by atoms with Crippen LogP contribution in [0, 0.1) is 12.8 Å². The molecule has 1 aromatic rings. The molecule has 1 saturated heterocycles. The number of nitrogens with one attached hydrogen (secondary N) is 1. The lowest BCUT2D eigenvalue weighted by molar-refractivity contribution is -0.119. The highest BCUT2D eigenvalue weighted by molar-refractivity contribution is 9.10. The number of thioether (sulfide) groups is 1. The first kappa shape index (κ1) is 19.8. The van der Waals surface area contributed by atoms with Crippen molar-refractivity contribution < 1.29 is 9.53 Å². The molecule has 0 bridgehead atoms. The summed E-state index contributed by atoms with van der Waals surface area (Å²) in [4.78, 5) is 15.8. The van der Waals surface area contributed by atoms with E-state index in [9.17, 15) is 4.79 Å². The molecule has 0 aliphatic carbocycles. The smallest absolute Gasteiger partial charge is 0.230 e. The zero-order valence-electron chi connectivity index (χ0n) is 14.7. The van der Waals surface area contributed by atoms with E-state index >= 15 is 0 Å². The minimum Gasteiger partial charge on any atom is -0.379 e. The van der Waals surface area contributed by atoms with Gasteiger partial charge in [-0.05, 0) is 36.6 Å². The average Bonchev–Trinajstić information content (AvgIpc) is 2.55. The van der Waals surface area contributed by atoms with E-state index in [2.05, 4.69) is 59.1 Å². The van der Waals surface area contributed by atoms with Gasteiger partial charge in [0.15, 0.2) is 0 Å². The van der Waals surface area contributed by atoms with Gasteiger partial charge in [0.1, 0.15) is 0 Å². The zero-order valence-corrected chi connectivity index (χ0v) is 17.1.